The van der Waals surface area contributed by atoms with Crippen LogP contribution >= 0.6 is 11.8 Å². The van der Waals surface area contributed by atoms with Gasteiger partial charge in [-0.25, -0.2) is 4.79 Å². The van der Waals surface area contributed by atoms with Crippen LogP contribution in [0.1, 0.15) is 33.1 Å². The summed E-state index contributed by atoms with van der Waals surface area (Å²) in [5, 5.41) is 16.1. The number of nitrogens with one attached hydrogen (secondary N) is 2. The predicted octanol–water partition coefficient (Wildman–Crippen LogP) is 4.54. The summed E-state index contributed by atoms with van der Waals surface area (Å²) in [6.45, 7) is 3.64. The second-order valence-corrected chi connectivity index (χ2v) is 8.21. The van der Waals surface area contributed by atoms with Crippen molar-refractivity contribution in [2.45, 2.75) is 29.2 Å². The first-order valence-corrected chi connectivity index (χ1v) is 10.4. The Morgan fingerprint density at radius 1 is 1.28 bits per heavy atom. The molecular weight excluding hydrogens is 382 g/mol. The molecule has 1 atom stereocenters. The smallest absolute Gasteiger partial charge is 0.337 e. The second-order valence-electron chi connectivity index (χ2n) is 7.09. The first kappa shape index (κ1) is 19.5. The Labute approximate surface area is 174 Å². The van der Waals surface area contributed by atoms with Gasteiger partial charge in [0, 0.05) is 28.6 Å². The van der Waals surface area contributed by atoms with E-state index in [1.165, 1.54) is 38.7 Å². The van der Waals surface area contributed by atoms with Crippen LogP contribution in [0.15, 0.2) is 70.7 Å². The van der Waals surface area contributed by atoms with Crippen LogP contribution in [-0.4, -0.2) is 29.1 Å². The number of carboxylic acid groups (broad SMARTS) is 1. The van der Waals surface area contributed by atoms with E-state index < -0.39 is 5.97 Å². The van der Waals surface area contributed by atoms with Crippen LogP contribution in [0, 0.1) is 6.92 Å². The monoisotopic (exact) mass is 405 g/mol. The Balaban J connectivity index is 1.50. The molecule has 0 saturated carbocycles. The molecule has 0 fully saturated rings. The molecule has 1 aromatic heterocycles. The van der Waals surface area contributed by atoms with Crippen molar-refractivity contribution in [3.8, 4) is 0 Å². The van der Waals surface area contributed by atoms with Crippen LogP contribution < -0.4 is 10.6 Å². The Hall–Kier alpha value is -2.83. The van der Waals surface area contributed by atoms with Gasteiger partial charge in [-0.05, 0) is 60.8 Å². The Morgan fingerprint density at radius 2 is 2.14 bits per heavy atom. The molecule has 0 spiro atoms. The summed E-state index contributed by atoms with van der Waals surface area (Å²) in [5.74, 6) is -0.954. The molecule has 29 heavy (non-hydrogen) atoms. The average Bonchev–Trinajstić information content (AvgIpc) is 2.74. The van der Waals surface area contributed by atoms with Crippen molar-refractivity contribution in [2.24, 2.45) is 0 Å². The maximum atomic E-state index is 11.4. The topological polar surface area (TPSA) is 74.2 Å². The number of fused-ring (bicyclic) bond motifs is 1. The summed E-state index contributed by atoms with van der Waals surface area (Å²) in [6.07, 6.45) is 4.05. The van der Waals surface area contributed by atoms with Gasteiger partial charge in [0.15, 0.2) is 0 Å². The third-order valence-corrected chi connectivity index (χ3v) is 6.31. The number of rotatable bonds is 6. The fourth-order valence-electron chi connectivity index (χ4n) is 3.61. The van der Waals surface area contributed by atoms with E-state index in [2.05, 4.69) is 65.0 Å². The van der Waals surface area contributed by atoms with Gasteiger partial charge in [-0.2, -0.15) is 0 Å². The molecule has 2 aromatic carbocycles. The van der Waals surface area contributed by atoms with E-state index in [0.29, 0.717) is 12.2 Å². The lowest BCUT2D eigenvalue weighted by Crippen LogP contribution is -2.34. The first-order chi connectivity index (χ1) is 14.1. The number of pyridine rings is 1. The Morgan fingerprint density at radius 3 is 2.97 bits per heavy atom. The molecule has 6 heteroatoms. The van der Waals surface area contributed by atoms with Gasteiger partial charge in [0.25, 0.3) is 0 Å². The minimum absolute atomic E-state index is 0.123. The standard InChI is InChI=1S/C23H23N3O2S/c1-15-4-2-3-5-22(15)29-17-6-7-18-16(12-17)8-11-25-21(18)14-26-20-13-24-10-9-19(20)23(27)28/h2-7,9-10,12-13,21,25-26H,8,11,14H2,1H3,(H,27,28)/t21-/m0/s1. The Kier molecular flexibility index (Phi) is 5.83. The van der Waals surface area contributed by atoms with Crippen molar-refractivity contribution in [1.82, 2.24) is 10.3 Å². The highest BCUT2D eigenvalue weighted by Crippen LogP contribution is 2.33. The van der Waals surface area contributed by atoms with Crippen molar-refractivity contribution in [1.29, 1.82) is 0 Å². The molecule has 0 amide bonds. The van der Waals surface area contributed by atoms with Crippen molar-refractivity contribution in [3.63, 3.8) is 0 Å². The number of hydrogen-bond acceptors (Lipinski definition) is 5. The van der Waals surface area contributed by atoms with Crippen LogP contribution in [0.25, 0.3) is 0 Å². The van der Waals surface area contributed by atoms with Gasteiger partial charge in [-0.15, -0.1) is 0 Å². The molecule has 3 aromatic rings. The molecule has 5 nitrogen and oxygen atoms in total. The van der Waals surface area contributed by atoms with Gasteiger partial charge in [-0.1, -0.05) is 36.0 Å². The summed E-state index contributed by atoms with van der Waals surface area (Å²) in [4.78, 5) is 18.0. The van der Waals surface area contributed by atoms with E-state index in [9.17, 15) is 9.90 Å². The van der Waals surface area contributed by atoms with Crippen molar-refractivity contribution < 1.29 is 9.90 Å². The van der Waals surface area contributed by atoms with Crippen LogP contribution in [0.3, 0.4) is 0 Å². The number of nitrogens with zero attached hydrogens (tertiary/aromatic N) is 1. The van der Waals surface area contributed by atoms with Crippen LogP contribution in [-0.2, 0) is 6.42 Å². The summed E-state index contributed by atoms with van der Waals surface area (Å²) in [6, 6.07) is 16.7. The molecule has 2 heterocycles. The summed E-state index contributed by atoms with van der Waals surface area (Å²) < 4.78 is 0. The molecule has 1 aliphatic rings. The van der Waals surface area contributed by atoms with Gasteiger partial charge in [0.2, 0.25) is 0 Å². The molecule has 0 radical (unpaired) electrons. The van der Waals surface area contributed by atoms with Gasteiger partial charge in [0.05, 0.1) is 17.4 Å². The van der Waals surface area contributed by atoms with Gasteiger partial charge < -0.3 is 15.7 Å². The van der Waals surface area contributed by atoms with Crippen molar-refractivity contribution in [2.75, 3.05) is 18.4 Å². The zero-order chi connectivity index (χ0) is 20.2. The van der Waals surface area contributed by atoms with E-state index in [0.717, 1.165) is 13.0 Å². The minimum atomic E-state index is -0.954. The zero-order valence-electron chi connectivity index (χ0n) is 16.2. The molecule has 0 unspecified atom stereocenters. The summed E-state index contributed by atoms with van der Waals surface area (Å²) >= 11 is 1.79. The fourth-order valence-corrected chi connectivity index (χ4v) is 4.57. The molecule has 3 N–H and O–H groups in total. The number of aromatic nitrogens is 1. The van der Waals surface area contributed by atoms with E-state index in [1.54, 1.807) is 18.0 Å². The molecular formula is C23H23N3O2S. The van der Waals surface area contributed by atoms with Crippen LogP contribution in [0.5, 0.6) is 0 Å². The number of benzene rings is 2. The van der Waals surface area contributed by atoms with Crippen molar-refractivity contribution >= 4 is 23.4 Å². The van der Waals surface area contributed by atoms with Gasteiger partial charge in [-0.3, -0.25) is 4.98 Å². The quantitative estimate of drug-likeness (QED) is 0.559. The summed E-state index contributed by atoms with van der Waals surface area (Å²) in [5.41, 5.74) is 4.67. The molecule has 0 bridgehead atoms. The lowest BCUT2D eigenvalue weighted by atomic mass is 9.94. The molecule has 1 aliphatic heterocycles. The maximum absolute atomic E-state index is 11.4. The largest absolute Gasteiger partial charge is 0.478 e. The SMILES string of the molecule is Cc1ccccc1Sc1ccc2c(c1)CCN[C@H]2CNc1cnccc1C(=O)O. The van der Waals surface area contributed by atoms with E-state index in [-0.39, 0.29) is 11.6 Å². The number of aryl methyl sites for hydroxylation is 1. The molecule has 0 saturated heterocycles. The average molecular weight is 406 g/mol. The van der Waals surface area contributed by atoms with Crippen LogP contribution in [0.2, 0.25) is 0 Å². The normalized spacial score (nSPS) is 15.6. The predicted molar refractivity (Wildman–Crippen MR) is 116 cm³/mol. The second kappa shape index (κ2) is 8.68. The number of carboxylic acids is 1. The van der Waals surface area contributed by atoms with E-state index in [4.69, 9.17) is 0 Å². The lowest BCUT2D eigenvalue weighted by molar-refractivity contribution is 0.0697. The Bertz CT molecular complexity index is 1040. The fraction of sp³-hybridized carbons (Fsp3) is 0.217. The van der Waals surface area contributed by atoms with Crippen molar-refractivity contribution in [3.05, 3.63) is 83.2 Å². The van der Waals surface area contributed by atoms with Gasteiger partial charge in [0.1, 0.15) is 0 Å². The number of anilines is 1. The number of hydrogen-bond donors (Lipinski definition) is 3. The highest BCUT2D eigenvalue weighted by Gasteiger charge is 2.21. The zero-order valence-corrected chi connectivity index (χ0v) is 17.0. The molecule has 0 aliphatic carbocycles. The van der Waals surface area contributed by atoms with E-state index in [1.807, 2.05) is 0 Å². The summed E-state index contributed by atoms with van der Waals surface area (Å²) in [7, 11) is 0. The van der Waals surface area contributed by atoms with Crippen LogP contribution in [0.4, 0.5) is 5.69 Å². The molecule has 4 rings (SSSR count). The number of aromatic carboxylic acids is 1. The minimum Gasteiger partial charge on any atom is -0.478 e. The molecule has 148 valence electrons. The third-order valence-electron chi connectivity index (χ3n) is 5.14. The number of carbonyl (C=O) groups is 1. The highest BCUT2D eigenvalue weighted by molar-refractivity contribution is 7.99. The van der Waals surface area contributed by atoms with Gasteiger partial charge >= 0.3 is 5.97 Å². The van der Waals surface area contributed by atoms with E-state index >= 15 is 0 Å². The maximum Gasteiger partial charge on any atom is 0.337 e. The first-order valence-electron chi connectivity index (χ1n) is 9.62. The highest BCUT2D eigenvalue weighted by atomic mass is 32.2. The lowest BCUT2D eigenvalue weighted by Gasteiger charge is -2.28. The third kappa shape index (κ3) is 4.44.